The summed E-state index contributed by atoms with van der Waals surface area (Å²) in [5.41, 5.74) is 1.82. The fourth-order valence-corrected chi connectivity index (χ4v) is 2.21. The van der Waals surface area contributed by atoms with Gasteiger partial charge in [0.2, 0.25) is 0 Å². The van der Waals surface area contributed by atoms with Gasteiger partial charge in [0.1, 0.15) is 0 Å². The molecular weight excluding hydrogens is 216 g/mol. The summed E-state index contributed by atoms with van der Waals surface area (Å²) in [6.45, 7) is 3.36. The van der Waals surface area contributed by atoms with Crippen LogP contribution in [0.25, 0.3) is 0 Å². The van der Waals surface area contributed by atoms with E-state index in [1.165, 1.54) is 0 Å². The molecule has 0 amide bonds. The van der Waals surface area contributed by atoms with Crippen molar-refractivity contribution < 1.29 is 9.63 Å². The second kappa shape index (κ2) is 5.29. The molecule has 1 unspecified atom stereocenters. The molecule has 2 rings (SSSR count). The van der Waals surface area contributed by atoms with E-state index in [-0.39, 0.29) is 11.9 Å². The van der Waals surface area contributed by atoms with Gasteiger partial charge >= 0.3 is 0 Å². The number of hydrogen-bond acceptors (Lipinski definition) is 4. The predicted molar refractivity (Wildman–Crippen MR) is 67.0 cm³/mol. The van der Waals surface area contributed by atoms with Crippen LogP contribution >= 0.6 is 0 Å². The Kier molecular flexibility index (Phi) is 3.76. The van der Waals surface area contributed by atoms with E-state index in [2.05, 4.69) is 4.90 Å². The maximum absolute atomic E-state index is 11.3. The van der Waals surface area contributed by atoms with E-state index >= 15 is 0 Å². The van der Waals surface area contributed by atoms with Crippen LogP contribution in [0.1, 0.15) is 30.1 Å². The maximum Gasteiger partial charge on any atom is 0.159 e. The number of hydrogen-bond donors (Lipinski definition) is 1. The van der Waals surface area contributed by atoms with Crippen LogP contribution in [0.5, 0.6) is 0 Å². The average Bonchev–Trinajstić information content (AvgIpc) is 2.39. The van der Waals surface area contributed by atoms with Gasteiger partial charge < -0.3 is 4.90 Å². The van der Waals surface area contributed by atoms with E-state index in [4.69, 9.17) is 10.7 Å². The fraction of sp³-hybridized carbons (Fsp3) is 0.462. The van der Waals surface area contributed by atoms with Gasteiger partial charge in [-0.05, 0) is 31.9 Å². The van der Waals surface area contributed by atoms with Crippen molar-refractivity contribution in [3.63, 3.8) is 0 Å². The zero-order chi connectivity index (χ0) is 12.3. The maximum atomic E-state index is 11.3. The van der Waals surface area contributed by atoms with Crippen LogP contribution in [0.4, 0.5) is 5.69 Å². The quantitative estimate of drug-likeness (QED) is 0.639. The molecule has 1 aromatic carbocycles. The van der Waals surface area contributed by atoms with Gasteiger partial charge in [0.25, 0.3) is 0 Å². The van der Waals surface area contributed by atoms with Crippen molar-refractivity contribution in [1.82, 2.24) is 0 Å². The van der Waals surface area contributed by atoms with Crippen LogP contribution in [0.3, 0.4) is 0 Å². The first-order valence-corrected chi connectivity index (χ1v) is 5.92. The minimum Gasteiger partial charge on any atom is -0.369 e. The lowest BCUT2D eigenvalue weighted by Gasteiger charge is -2.33. The first kappa shape index (κ1) is 12.1. The lowest BCUT2D eigenvalue weighted by molar-refractivity contribution is 0.0435. The van der Waals surface area contributed by atoms with E-state index in [0.717, 1.165) is 37.2 Å². The van der Waals surface area contributed by atoms with Crippen LogP contribution in [0.15, 0.2) is 24.3 Å². The Morgan fingerprint density at radius 3 is 3.06 bits per heavy atom. The van der Waals surface area contributed by atoms with E-state index in [9.17, 15) is 4.79 Å². The Labute approximate surface area is 101 Å². The molecule has 1 aliphatic heterocycles. The highest BCUT2D eigenvalue weighted by Crippen LogP contribution is 2.22. The predicted octanol–water partition coefficient (Wildman–Crippen LogP) is 1.75. The molecule has 1 aliphatic rings. The highest BCUT2D eigenvalue weighted by molar-refractivity contribution is 5.94. The van der Waals surface area contributed by atoms with E-state index < -0.39 is 0 Å². The summed E-state index contributed by atoms with van der Waals surface area (Å²) in [5, 5.41) is 0. The van der Waals surface area contributed by atoms with Crippen LogP contribution in [-0.4, -0.2) is 25.0 Å². The van der Waals surface area contributed by atoms with E-state index in [1.807, 2.05) is 24.3 Å². The molecule has 1 fully saturated rings. The molecule has 17 heavy (non-hydrogen) atoms. The van der Waals surface area contributed by atoms with Gasteiger partial charge in [-0.2, -0.15) is 0 Å². The molecule has 1 aromatic rings. The number of rotatable bonds is 3. The Hall–Kier alpha value is -1.39. The average molecular weight is 234 g/mol. The smallest absolute Gasteiger partial charge is 0.159 e. The van der Waals surface area contributed by atoms with Gasteiger partial charge in [-0.3, -0.25) is 9.63 Å². The topological polar surface area (TPSA) is 55.6 Å². The Balaban J connectivity index is 2.16. The van der Waals surface area contributed by atoms with Gasteiger partial charge in [0.15, 0.2) is 5.78 Å². The molecule has 0 aliphatic carbocycles. The SMILES string of the molecule is CC(=O)c1cccc(N2CCCC(ON)C2)c1. The minimum absolute atomic E-state index is 0.0877. The fourth-order valence-electron chi connectivity index (χ4n) is 2.21. The first-order valence-electron chi connectivity index (χ1n) is 5.92. The van der Waals surface area contributed by atoms with Crippen molar-refractivity contribution in [3.05, 3.63) is 29.8 Å². The second-order valence-electron chi connectivity index (χ2n) is 4.45. The molecular formula is C13H18N2O2. The highest BCUT2D eigenvalue weighted by atomic mass is 16.6. The van der Waals surface area contributed by atoms with Crippen molar-refractivity contribution >= 4 is 11.5 Å². The molecule has 2 N–H and O–H groups in total. The summed E-state index contributed by atoms with van der Waals surface area (Å²) >= 11 is 0. The summed E-state index contributed by atoms with van der Waals surface area (Å²) in [7, 11) is 0. The number of piperidine rings is 1. The Bertz CT molecular complexity index is 406. The molecule has 0 saturated carbocycles. The lowest BCUT2D eigenvalue weighted by atomic mass is 10.1. The molecule has 0 radical (unpaired) electrons. The molecule has 4 heteroatoms. The van der Waals surface area contributed by atoms with E-state index in [1.54, 1.807) is 6.92 Å². The normalized spacial score (nSPS) is 20.4. The van der Waals surface area contributed by atoms with Gasteiger partial charge in [-0.1, -0.05) is 12.1 Å². The monoisotopic (exact) mass is 234 g/mol. The van der Waals surface area contributed by atoms with Crippen LogP contribution in [-0.2, 0) is 4.84 Å². The number of Topliss-reactive ketones (excluding diaryl/α,β-unsaturated/α-hetero) is 1. The van der Waals surface area contributed by atoms with Crippen molar-refractivity contribution in [3.8, 4) is 0 Å². The lowest BCUT2D eigenvalue weighted by Crippen LogP contribution is -2.40. The van der Waals surface area contributed by atoms with Crippen molar-refractivity contribution in [2.24, 2.45) is 5.90 Å². The largest absolute Gasteiger partial charge is 0.369 e. The third-order valence-corrected chi connectivity index (χ3v) is 3.19. The number of carbonyl (C=O) groups is 1. The van der Waals surface area contributed by atoms with Crippen LogP contribution in [0, 0.1) is 0 Å². The second-order valence-corrected chi connectivity index (χ2v) is 4.45. The third kappa shape index (κ3) is 2.84. The van der Waals surface area contributed by atoms with Crippen LogP contribution in [0.2, 0.25) is 0 Å². The molecule has 0 bridgehead atoms. The summed E-state index contributed by atoms with van der Waals surface area (Å²) in [6.07, 6.45) is 2.15. The Morgan fingerprint density at radius 1 is 1.53 bits per heavy atom. The number of nitrogens with two attached hydrogens (primary N) is 1. The van der Waals surface area contributed by atoms with Gasteiger partial charge in [0.05, 0.1) is 6.10 Å². The van der Waals surface area contributed by atoms with Crippen molar-refractivity contribution in [2.75, 3.05) is 18.0 Å². The van der Waals surface area contributed by atoms with Crippen LogP contribution < -0.4 is 10.8 Å². The number of carbonyl (C=O) groups excluding carboxylic acids is 1. The van der Waals surface area contributed by atoms with Crippen molar-refractivity contribution in [1.29, 1.82) is 0 Å². The third-order valence-electron chi connectivity index (χ3n) is 3.19. The standard InChI is InChI=1S/C13H18N2O2/c1-10(16)11-4-2-5-12(8-11)15-7-3-6-13(9-15)17-14/h2,4-5,8,13H,3,6-7,9,14H2,1H3. The van der Waals surface area contributed by atoms with Gasteiger partial charge in [-0.15, -0.1) is 0 Å². The number of anilines is 1. The number of nitrogens with zero attached hydrogens (tertiary/aromatic N) is 1. The summed E-state index contributed by atoms with van der Waals surface area (Å²) in [6, 6.07) is 7.71. The van der Waals surface area contributed by atoms with Gasteiger partial charge in [-0.25, -0.2) is 5.90 Å². The highest BCUT2D eigenvalue weighted by Gasteiger charge is 2.20. The molecule has 4 nitrogen and oxygen atoms in total. The zero-order valence-electron chi connectivity index (χ0n) is 10.1. The molecule has 0 aromatic heterocycles. The first-order chi connectivity index (χ1) is 8.20. The van der Waals surface area contributed by atoms with Gasteiger partial charge in [0, 0.05) is 24.3 Å². The Morgan fingerprint density at radius 2 is 2.35 bits per heavy atom. The minimum atomic E-state index is 0.0877. The summed E-state index contributed by atoms with van der Waals surface area (Å²) < 4.78 is 0. The summed E-state index contributed by atoms with van der Waals surface area (Å²) in [4.78, 5) is 18.5. The molecule has 1 saturated heterocycles. The zero-order valence-corrected chi connectivity index (χ0v) is 10.1. The molecule has 1 atom stereocenters. The molecule has 0 spiro atoms. The number of benzene rings is 1. The molecule has 92 valence electrons. The van der Waals surface area contributed by atoms with E-state index in [0.29, 0.717) is 0 Å². The van der Waals surface area contributed by atoms with Crippen molar-refractivity contribution in [2.45, 2.75) is 25.9 Å². The number of ketones is 1. The summed E-state index contributed by atoms with van der Waals surface area (Å²) in [5.74, 6) is 5.33. The molecule has 1 heterocycles.